The third kappa shape index (κ3) is 3.70. The smallest absolute Gasteiger partial charge is 0.287 e. The summed E-state index contributed by atoms with van der Waals surface area (Å²) < 4.78 is 12.9. The molecule has 8 nitrogen and oxygen atoms in total. The fourth-order valence-corrected chi connectivity index (χ4v) is 4.20. The molecule has 1 N–H and O–H groups in total. The molecule has 0 bridgehead atoms. The van der Waals surface area contributed by atoms with Crippen LogP contribution < -0.4 is 10.1 Å². The highest BCUT2D eigenvalue weighted by molar-refractivity contribution is 5.91. The number of nitrogens with zero attached hydrogens (tertiary/aromatic N) is 4. The van der Waals surface area contributed by atoms with E-state index in [1.807, 2.05) is 6.92 Å². The van der Waals surface area contributed by atoms with Gasteiger partial charge in [0.15, 0.2) is 11.6 Å². The summed E-state index contributed by atoms with van der Waals surface area (Å²) in [4.78, 5) is 14.8. The van der Waals surface area contributed by atoms with Gasteiger partial charge in [0.25, 0.3) is 5.91 Å². The number of hydrogen-bond donors (Lipinski definition) is 1. The Bertz CT molecular complexity index is 1040. The minimum Gasteiger partial charge on any atom is -0.493 e. The minimum absolute atomic E-state index is 0.249. The molecule has 1 aromatic carbocycles. The maximum absolute atomic E-state index is 12.3. The number of fused-ring (bicyclic) bond motifs is 2. The fraction of sp³-hybridized carbons (Fsp3) is 0.409. The van der Waals surface area contributed by atoms with E-state index in [2.05, 4.69) is 43.2 Å². The number of rotatable bonds is 5. The number of carbonyl (C=O) groups excluding carboxylic acids is 1. The van der Waals surface area contributed by atoms with Crippen molar-refractivity contribution in [2.75, 3.05) is 19.7 Å². The molecule has 5 rings (SSSR count). The number of amides is 1. The second kappa shape index (κ2) is 7.95. The van der Waals surface area contributed by atoms with Crippen LogP contribution in [-0.2, 0) is 25.9 Å². The predicted molar refractivity (Wildman–Crippen MR) is 109 cm³/mol. The number of ether oxygens (including phenoxy) is 1. The van der Waals surface area contributed by atoms with Crippen LogP contribution in [0.5, 0.6) is 5.75 Å². The zero-order valence-electron chi connectivity index (χ0n) is 17.0. The lowest BCUT2D eigenvalue weighted by Crippen LogP contribution is -2.30. The summed E-state index contributed by atoms with van der Waals surface area (Å²) in [7, 11) is 0. The standard InChI is InChI=1S/C22H25N5O3/c1-15(23-22(28)19-3-2-11-29-19)21-25-24-20-6-8-26(9-10-27(20)21)14-16-4-5-18-17(13-16)7-12-30-18/h2-5,11,13,15H,6-10,12,14H2,1H3,(H,23,28)/t15-/m1/s1. The summed E-state index contributed by atoms with van der Waals surface area (Å²) in [5.74, 6) is 2.82. The van der Waals surface area contributed by atoms with Crippen molar-refractivity contribution < 1.29 is 13.9 Å². The van der Waals surface area contributed by atoms with Gasteiger partial charge in [-0.25, -0.2) is 0 Å². The van der Waals surface area contributed by atoms with Crippen LogP contribution in [0.2, 0.25) is 0 Å². The van der Waals surface area contributed by atoms with E-state index in [9.17, 15) is 4.79 Å². The lowest BCUT2D eigenvalue weighted by atomic mass is 10.1. The summed E-state index contributed by atoms with van der Waals surface area (Å²) >= 11 is 0. The summed E-state index contributed by atoms with van der Waals surface area (Å²) in [5, 5.41) is 11.7. The van der Waals surface area contributed by atoms with Crippen molar-refractivity contribution in [2.24, 2.45) is 0 Å². The molecule has 30 heavy (non-hydrogen) atoms. The molecule has 2 aromatic heterocycles. The van der Waals surface area contributed by atoms with Crippen molar-refractivity contribution in [3.8, 4) is 5.75 Å². The fourth-order valence-electron chi connectivity index (χ4n) is 4.20. The van der Waals surface area contributed by atoms with Gasteiger partial charge in [-0.15, -0.1) is 10.2 Å². The Kier molecular flexibility index (Phi) is 5.00. The predicted octanol–water partition coefficient (Wildman–Crippen LogP) is 2.36. The molecule has 0 saturated heterocycles. The summed E-state index contributed by atoms with van der Waals surface area (Å²) in [5.41, 5.74) is 2.62. The van der Waals surface area contributed by atoms with E-state index in [0.29, 0.717) is 5.76 Å². The largest absolute Gasteiger partial charge is 0.493 e. The Morgan fingerprint density at radius 3 is 3.00 bits per heavy atom. The monoisotopic (exact) mass is 407 g/mol. The first-order chi connectivity index (χ1) is 14.7. The second-order valence-electron chi connectivity index (χ2n) is 7.87. The van der Waals surface area contributed by atoms with Crippen LogP contribution in [0.15, 0.2) is 41.0 Å². The van der Waals surface area contributed by atoms with Crippen molar-refractivity contribution in [3.05, 3.63) is 65.1 Å². The van der Waals surface area contributed by atoms with E-state index in [4.69, 9.17) is 9.15 Å². The van der Waals surface area contributed by atoms with Gasteiger partial charge >= 0.3 is 0 Å². The van der Waals surface area contributed by atoms with Gasteiger partial charge in [0.05, 0.1) is 18.9 Å². The number of benzene rings is 1. The third-order valence-electron chi connectivity index (χ3n) is 5.79. The van der Waals surface area contributed by atoms with Crippen LogP contribution in [0.25, 0.3) is 0 Å². The number of nitrogens with one attached hydrogen (secondary N) is 1. The molecule has 0 saturated carbocycles. The summed E-state index contributed by atoms with van der Waals surface area (Å²) in [6, 6.07) is 9.61. The molecule has 0 spiro atoms. The quantitative estimate of drug-likeness (QED) is 0.699. The highest BCUT2D eigenvalue weighted by atomic mass is 16.5. The lowest BCUT2D eigenvalue weighted by Gasteiger charge is -2.20. The van der Waals surface area contributed by atoms with Gasteiger partial charge in [0.2, 0.25) is 0 Å². The Morgan fingerprint density at radius 2 is 2.13 bits per heavy atom. The zero-order chi connectivity index (χ0) is 20.5. The van der Waals surface area contributed by atoms with Gasteiger partial charge in [-0.3, -0.25) is 9.69 Å². The molecule has 8 heteroatoms. The maximum atomic E-state index is 12.3. The van der Waals surface area contributed by atoms with E-state index < -0.39 is 0 Å². The molecule has 4 heterocycles. The van der Waals surface area contributed by atoms with Crippen LogP contribution >= 0.6 is 0 Å². The second-order valence-corrected chi connectivity index (χ2v) is 7.87. The van der Waals surface area contributed by atoms with Crippen molar-refractivity contribution in [3.63, 3.8) is 0 Å². The van der Waals surface area contributed by atoms with Crippen LogP contribution in [0.3, 0.4) is 0 Å². The first-order valence-electron chi connectivity index (χ1n) is 10.4. The number of aromatic nitrogens is 3. The SMILES string of the molecule is C[C@@H](NC(=O)c1ccco1)c1nnc2n1CCN(Cc1ccc3c(c1)CCO3)CC2. The normalized spacial score (nSPS) is 17.0. The highest BCUT2D eigenvalue weighted by Crippen LogP contribution is 2.26. The molecule has 0 aliphatic carbocycles. The van der Waals surface area contributed by atoms with Gasteiger partial charge in [0, 0.05) is 39.0 Å². The molecular weight excluding hydrogens is 382 g/mol. The average molecular weight is 407 g/mol. The highest BCUT2D eigenvalue weighted by Gasteiger charge is 2.24. The minimum atomic E-state index is -0.257. The Hall–Kier alpha value is -3.13. The molecular formula is C22H25N5O3. The molecule has 0 fully saturated rings. The Balaban J connectivity index is 1.24. The molecule has 1 atom stereocenters. The van der Waals surface area contributed by atoms with E-state index in [1.165, 1.54) is 17.4 Å². The Labute approximate surface area is 174 Å². The molecule has 156 valence electrons. The summed E-state index contributed by atoms with van der Waals surface area (Å²) in [6.07, 6.45) is 3.32. The average Bonchev–Trinajstić information content (AvgIpc) is 3.48. The number of furan rings is 1. The van der Waals surface area contributed by atoms with Crippen molar-refractivity contribution in [2.45, 2.75) is 38.9 Å². The van der Waals surface area contributed by atoms with Gasteiger partial charge in [-0.2, -0.15) is 0 Å². The lowest BCUT2D eigenvalue weighted by molar-refractivity contribution is 0.0909. The summed E-state index contributed by atoms with van der Waals surface area (Å²) in [6.45, 7) is 6.25. The van der Waals surface area contributed by atoms with E-state index in [1.54, 1.807) is 12.1 Å². The van der Waals surface area contributed by atoms with Crippen molar-refractivity contribution in [1.82, 2.24) is 25.0 Å². The topological polar surface area (TPSA) is 85.4 Å². The third-order valence-corrected chi connectivity index (χ3v) is 5.79. The molecule has 2 aliphatic heterocycles. The van der Waals surface area contributed by atoms with Crippen molar-refractivity contribution >= 4 is 5.91 Å². The first kappa shape index (κ1) is 18.9. The van der Waals surface area contributed by atoms with E-state index in [-0.39, 0.29) is 11.9 Å². The molecule has 0 radical (unpaired) electrons. The zero-order valence-corrected chi connectivity index (χ0v) is 17.0. The van der Waals surface area contributed by atoms with E-state index in [0.717, 1.165) is 63.0 Å². The molecule has 1 amide bonds. The van der Waals surface area contributed by atoms with Gasteiger partial charge in [-0.05, 0) is 36.2 Å². The van der Waals surface area contributed by atoms with Crippen LogP contribution in [0.1, 0.15) is 46.3 Å². The van der Waals surface area contributed by atoms with Crippen LogP contribution in [0, 0.1) is 0 Å². The molecule has 0 unspecified atom stereocenters. The van der Waals surface area contributed by atoms with Crippen molar-refractivity contribution in [1.29, 1.82) is 0 Å². The van der Waals surface area contributed by atoms with Gasteiger partial charge in [-0.1, -0.05) is 12.1 Å². The van der Waals surface area contributed by atoms with Crippen LogP contribution in [-0.4, -0.2) is 45.3 Å². The first-order valence-corrected chi connectivity index (χ1v) is 10.4. The maximum Gasteiger partial charge on any atom is 0.287 e. The van der Waals surface area contributed by atoms with Gasteiger partial charge in [0.1, 0.15) is 11.6 Å². The number of carbonyl (C=O) groups is 1. The number of hydrogen-bond acceptors (Lipinski definition) is 6. The molecule has 2 aliphatic rings. The van der Waals surface area contributed by atoms with Gasteiger partial charge < -0.3 is 19.0 Å². The van der Waals surface area contributed by atoms with E-state index >= 15 is 0 Å². The van der Waals surface area contributed by atoms with Crippen LogP contribution in [0.4, 0.5) is 0 Å². The molecule has 3 aromatic rings. The Morgan fingerprint density at radius 1 is 1.20 bits per heavy atom.